The summed E-state index contributed by atoms with van der Waals surface area (Å²) in [7, 11) is 0. The molecule has 1 aromatic carbocycles. The lowest BCUT2D eigenvalue weighted by Gasteiger charge is -2.06. The summed E-state index contributed by atoms with van der Waals surface area (Å²) in [6, 6.07) is 12.4. The third-order valence-corrected chi connectivity index (χ3v) is 2.31. The van der Waals surface area contributed by atoms with Crippen molar-refractivity contribution < 1.29 is 4.74 Å². The molecule has 0 aliphatic rings. The van der Waals surface area contributed by atoms with E-state index in [2.05, 4.69) is 11.1 Å². The number of nitriles is 1. The van der Waals surface area contributed by atoms with Gasteiger partial charge in [0.2, 0.25) is 5.88 Å². The van der Waals surface area contributed by atoms with Gasteiger partial charge in [0.05, 0.1) is 11.6 Å². The van der Waals surface area contributed by atoms with Crippen LogP contribution in [0.15, 0.2) is 36.4 Å². The van der Waals surface area contributed by atoms with Gasteiger partial charge in [0.1, 0.15) is 5.75 Å². The molecular weight excluding hydrogens is 236 g/mol. The maximum atomic E-state index is 8.84. The highest BCUT2D eigenvalue weighted by Gasteiger charge is 2.03. The minimum Gasteiger partial charge on any atom is -0.439 e. The zero-order chi connectivity index (χ0) is 12.3. The normalized spacial score (nSPS) is 9.71. The predicted molar refractivity (Wildman–Crippen MR) is 65.2 cm³/mol. The zero-order valence-corrected chi connectivity index (χ0v) is 9.90. The highest BCUT2D eigenvalue weighted by molar-refractivity contribution is 6.30. The first-order valence-electron chi connectivity index (χ1n) is 4.99. The van der Waals surface area contributed by atoms with Crippen LogP contribution in [0.1, 0.15) is 11.3 Å². The monoisotopic (exact) mass is 244 g/mol. The fraction of sp³-hybridized carbons (Fsp3) is 0.0769. The number of nitrogens with zero attached hydrogens (tertiary/aromatic N) is 2. The standard InChI is InChI=1S/C13H9ClN2O/c1-9-5-10(8-15)6-13(16-9)17-12-4-2-3-11(14)7-12/h2-7H,1H3. The van der Waals surface area contributed by atoms with Gasteiger partial charge in [0, 0.05) is 16.8 Å². The molecule has 0 unspecified atom stereocenters. The molecule has 0 saturated carbocycles. The quantitative estimate of drug-likeness (QED) is 0.809. The fourth-order valence-corrected chi connectivity index (χ4v) is 1.59. The molecule has 0 radical (unpaired) electrons. The average Bonchev–Trinajstić information content (AvgIpc) is 2.28. The second-order valence-corrected chi connectivity index (χ2v) is 3.94. The van der Waals surface area contributed by atoms with Crippen molar-refractivity contribution in [2.75, 3.05) is 0 Å². The Morgan fingerprint density at radius 1 is 1.29 bits per heavy atom. The topological polar surface area (TPSA) is 45.9 Å². The third kappa shape index (κ3) is 2.96. The van der Waals surface area contributed by atoms with Crippen LogP contribution >= 0.6 is 11.6 Å². The van der Waals surface area contributed by atoms with E-state index in [0.717, 1.165) is 5.69 Å². The molecular formula is C13H9ClN2O. The molecule has 0 fully saturated rings. The summed E-state index contributed by atoms with van der Waals surface area (Å²) in [6.45, 7) is 1.81. The summed E-state index contributed by atoms with van der Waals surface area (Å²) in [6.07, 6.45) is 0. The number of halogens is 1. The number of aryl methyl sites for hydroxylation is 1. The van der Waals surface area contributed by atoms with E-state index in [-0.39, 0.29) is 0 Å². The molecule has 3 nitrogen and oxygen atoms in total. The van der Waals surface area contributed by atoms with E-state index in [9.17, 15) is 0 Å². The van der Waals surface area contributed by atoms with Crippen molar-refractivity contribution in [2.24, 2.45) is 0 Å². The second kappa shape index (κ2) is 4.86. The van der Waals surface area contributed by atoms with Gasteiger partial charge in [-0.25, -0.2) is 4.98 Å². The Hall–Kier alpha value is -2.05. The summed E-state index contributed by atoms with van der Waals surface area (Å²) >= 11 is 5.85. The Labute approximate surface area is 104 Å². The zero-order valence-electron chi connectivity index (χ0n) is 9.14. The molecule has 2 aromatic rings. The molecule has 0 spiro atoms. The predicted octanol–water partition coefficient (Wildman–Crippen LogP) is 3.71. The minimum atomic E-state index is 0.392. The molecule has 1 heterocycles. The first-order chi connectivity index (χ1) is 8.17. The first kappa shape index (κ1) is 11.4. The van der Waals surface area contributed by atoms with Crippen LogP contribution in [0.4, 0.5) is 0 Å². The molecule has 4 heteroatoms. The van der Waals surface area contributed by atoms with Crippen molar-refractivity contribution in [1.82, 2.24) is 4.98 Å². The molecule has 0 amide bonds. The Morgan fingerprint density at radius 2 is 2.12 bits per heavy atom. The van der Waals surface area contributed by atoms with Crippen LogP contribution in [0.2, 0.25) is 5.02 Å². The van der Waals surface area contributed by atoms with Gasteiger partial charge in [0.15, 0.2) is 0 Å². The highest BCUT2D eigenvalue weighted by atomic mass is 35.5. The van der Waals surface area contributed by atoms with Crippen LogP contribution in [-0.4, -0.2) is 4.98 Å². The van der Waals surface area contributed by atoms with Crippen LogP contribution in [0.5, 0.6) is 11.6 Å². The van der Waals surface area contributed by atoms with E-state index >= 15 is 0 Å². The van der Waals surface area contributed by atoms with Gasteiger partial charge in [-0.2, -0.15) is 5.26 Å². The van der Waals surface area contributed by atoms with Gasteiger partial charge in [-0.05, 0) is 31.2 Å². The van der Waals surface area contributed by atoms with Crippen molar-refractivity contribution in [3.63, 3.8) is 0 Å². The number of rotatable bonds is 2. The van der Waals surface area contributed by atoms with Crippen LogP contribution in [-0.2, 0) is 0 Å². The molecule has 0 aliphatic carbocycles. The fourth-order valence-electron chi connectivity index (χ4n) is 1.41. The van der Waals surface area contributed by atoms with Crippen LogP contribution in [0.3, 0.4) is 0 Å². The van der Waals surface area contributed by atoms with Crippen molar-refractivity contribution in [3.8, 4) is 17.7 Å². The van der Waals surface area contributed by atoms with E-state index in [1.165, 1.54) is 0 Å². The highest BCUT2D eigenvalue weighted by Crippen LogP contribution is 2.23. The maximum Gasteiger partial charge on any atom is 0.220 e. The molecule has 17 heavy (non-hydrogen) atoms. The number of benzene rings is 1. The van der Waals surface area contributed by atoms with Crippen molar-refractivity contribution in [2.45, 2.75) is 6.92 Å². The molecule has 0 bridgehead atoms. The smallest absolute Gasteiger partial charge is 0.220 e. The third-order valence-electron chi connectivity index (χ3n) is 2.08. The molecule has 0 saturated heterocycles. The van der Waals surface area contributed by atoms with Gasteiger partial charge >= 0.3 is 0 Å². The van der Waals surface area contributed by atoms with Gasteiger partial charge in [-0.15, -0.1) is 0 Å². The number of aromatic nitrogens is 1. The number of ether oxygens (including phenoxy) is 1. The van der Waals surface area contributed by atoms with E-state index in [0.29, 0.717) is 22.2 Å². The van der Waals surface area contributed by atoms with Crippen molar-refractivity contribution >= 4 is 11.6 Å². The van der Waals surface area contributed by atoms with Crippen LogP contribution < -0.4 is 4.74 Å². The molecule has 2 rings (SSSR count). The summed E-state index contributed by atoms with van der Waals surface area (Å²) in [5.74, 6) is 0.989. The lowest BCUT2D eigenvalue weighted by molar-refractivity contribution is 0.461. The van der Waals surface area contributed by atoms with Crippen molar-refractivity contribution in [3.05, 3.63) is 52.7 Å². The van der Waals surface area contributed by atoms with Gasteiger partial charge in [-0.1, -0.05) is 17.7 Å². The second-order valence-electron chi connectivity index (χ2n) is 3.51. The van der Waals surface area contributed by atoms with Crippen molar-refractivity contribution in [1.29, 1.82) is 5.26 Å². The molecule has 1 aromatic heterocycles. The summed E-state index contributed by atoms with van der Waals surface area (Å²) in [4.78, 5) is 4.19. The Bertz CT molecular complexity index is 590. The molecule has 0 aliphatic heterocycles. The average molecular weight is 245 g/mol. The Kier molecular flexibility index (Phi) is 3.27. The van der Waals surface area contributed by atoms with Gasteiger partial charge in [0.25, 0.3) is 0 Å². The Morgan fingerprint density at radius 3 is 2.82 bits per heavy atom. The van der Waals surface area contributed by atoms with E-state index in [1.807, 2.05) is 6.92 Å². The van der Waals surface area contributed by atoms with Gasteiger partial charge in [-0.3, -0.25) is 0 Å². The van der Waals surface area contributed by atoms with E-state index in [1.54, 1.807) is 36.4 Å². The lowest BCUT2D eigenvalue weighted by atomic mass is 10.2. The summed E-state index contributed by atoms with van der Waals surface area (Å²) in [5, 5.41) is 9.44. The summed E-state index contributed by atoms with van der Waals surface area (Å²) < 4.78 is 5.54. The molecule has 0 N–H and O–H groups in total. The maximum absolute atomic E-state index is 8.84. The van der Waals surface area contributed by atoms with E-state index in [4.69, 9.17) is 21.6 Å². The first-order valence-corrected chi connectivity index (χ1v) is 5.37. The number of pyridine rings is 1. The van der Waals surface area contributed by atoms with Gasteiger partial charge < -0.3 is 4.74 Å². The summed E-state index contributed by atoms with van der Waals surface area (Å²) in [5.41, 5.74) is 1.26. The number of hydrogen-bond donors (Lipinski definition) is 0. The number of hydrogen-bond acceptors (Lipinski definition) is 3. The Balaban J connectivity index is 2.30. The SMILES string of the molecule is Cc1cc(C#N)cc(Oc2cccc(Cl)c2)n1. The largest absolute Gasteiger partial charge is 0.439 e. The molecule has 84 valence electrons. The van der Waals surface area contributed by atoms with Crippen LogP contribution in [0.25, 0.3) is 0 Å². The minimum absolute atomic E-state index is 0.392. The lowest BCUT2D eigenvalue weighted by Crippen LogP contribution is -1.91. The molecule has 0 atom stereocenters. The van der Waals surface area contributed by atoms with Crippen LogP contribution in [0, 0.1) is 18.3 Å². The van der Waals surface area contributed by atoms with E-state index < -0.39 is 0 Å².